The van der Waals surface area contributed by atoms with E-state index in [1.807, 2.05) is 0 Å². The topological polar surface area (TPSA) is 88.8 Å². The molecule has 0 saturated heterocycles. The van der Waals surface area contributed by atoms with Crippen molar-refractivity contribution in [1.82, 2.24) is 4.57 Å². The number of aromatic nitrogens is 1. The summed E-state index contributed by atoms with van der Waals surface area (Å²) in [5, 5.41) is 18.0. The quantitative estimate of drug-likeness (QED) is 0.689. The van der Waals surface area contributed by atoms with E-state index in [1.54, 1.807) is 63.4 Å². The minimum Gasteiger partial charge on any atom is -0.497 e. The normalized spacial score (nSPS) is 10.3. The van der Waals surface area contributed by atoms with Gasteiger partial charge in [0.05, 0.1) is 19.0 Å². The van der Waals surface area contributed by atoms with Crippen LogP contribution in [0, 0.1) is 6.92 Å². The van der Waals surface area contributed by atoms with Gasteiger partial charge in [-0.2, -0.15) is 0 Å². The van der Waals surface area contributed by atoms with Crippen molar-refractivity contribution in [2.75, 3.05) is 13.7 Å². The van der Waals surface area contributed by atoms with Gasteiger partial charge in [-0.3, -0.25) is 14.2 Å². The summed E-state index contributed by atoms with van der Waals surface area (Å²) in [7, 11) is 1.54. The molecule has 0 aliphatic rings. The number of aliphatic hydroxyl groups is 1. The predicted octanol–water partition coefficient (Wildman–Crippen LogP) is 3.93. The number of carbonyl (C=O) groups excluding carboxylic acids is 1. The van der Waals surface area contributed by atoms with Crippen molar-refractivity contribution in [3.63, 3.8) is 0 Å². The van der Waals surface area contributed by atoms with Crippen LogP contribution in [0.15, 0.2) is 42.5 Å². The van der Waals surface area contributed by atoms with Gasteiger partial charge in [-0.15, -0.1) is 0 Å². The summed E-state index contributed by atoms with van der Waals surface area (Å²) in [5.41, 5.74) is 2.32. The molecule has 2 aromatic carbocycles. The largest absolute Gasteiger partial charge is 0.497 e. The van der Waals surface area contributed by atoms with E-state index in [0.717, 1.165) is 0 Å². The van der Waals surface area contributed by atoms with Gasteiger partial charge in [0.25, 0.3) is 5.91 Å². The number of carboxylic acids is 1. The number of nitrogens with zero attached hydrogens (tertiary/aromatic N) is 1. The maximum Gasteiger partial charge on any atom is 0.307 e. The molecule has 0 bridgehead atoms. The zero-order chi connectivity index (χ0) is 20.8. The fourth-order valence-electron chi connectivity index (χ4n) is 2.95. The van der Waals surface area contributed by atoms with Crippen LogP contribution in [0.2, 0.25) is 5.02 Å². The standard InChI is InChI=1S/C19H16ClNO4.C2H6O/c1-11-15(10-18(22)23)16-9-14(25-2)7-8-17(16)21(11)19(24)12-3-5-13(20)6-4-12;1-2-3/h3-9H,10H2,1-2H3,(H,22,23);3H,2H2,1H3. The summed E-state index contributed by atoms with van der Waals surface area (Å²) in [4.78, 5) is 24.3. The van der Waals surface area contributed by atoms with Crippen molar-refractivity contribution in [3.05, 3.63) is 64.3 Å². The first-order valence-corrected chi connectivity index (χ1v) is 9.02. The van der Waals surface area contributed by atoms with E-state index in [2.05, 4.69) is 0 Å². The number of fused-ring (bicyclic) bond motifs is 1. The van der Waals surface area contributed by atoms with Gasteiger partial charge in [0.1, 0.15) is 5.75 Å². The van der Waals surface area contributed by atoms with Gasteiger partial charge in [0, 0.05) is 28.3 Å². The van der Waals surface area contributed by atoms with Crippen molar-refractivity contribution in [2.45, 2.75) is 20.3 Å². The number of carboxylic acid groups (broad SMARTS) is 1. The third-order valence-electron chi connectivity index (χ3n) is 4.16. The molecule has 148 valence electrons. The summed E-state index contributed by atoms with van der Waals surface area (Å²) < 4.78 is 6.77. The third kappa shape index (κ3) is 4.52. The van der Waals surface area contributed by atoms with E-state index >= 15 is 0 Å². The zero-order valence-corrected chi connectivity index (χ0v) is 16.7. The molecule has 6 nitrogen and oxygen atoms in total. The number of aliphatic carboxylic acids is 1. The molecule has 0 unspecified atom stereocenters. The third-order valence-corrected chi connectivity index (χ3v) is 4.42. The SMILES string of the molecule is CCO.COc1ccc2c(c1)c(CC(=O)O)c(C)n2C(=O)c1ccc(Cl)cc1. The van der Waals surface area contributed by atoms with Gasteiger partial charge in [-0.25, -0.2) is 0 Å². The summed E-state index contributed by atoms with van der Waals surface area (Å²) in [6.45, 7) is 3.68. The molecule has 1 heterocycles. The molecule has 0 saturated carbocycles. The highest BCUT2D eigenvalue weighted by Crippen LogP contribution is 2.30. The molecule has 3 rings (SSSR count). The molecule has 0 spiro atoms. The molecule has 0 atom stereocenters. The van der Waals surface area contributed by atoms with E-state index in [-0.39, 0.29) is 18.9 Å². The molecule has 0 amide bonds. The Hall–Kier alpha value is -2.83. The Labute approximate surface area is 167 Å². The van der Waals surface area contributed by atoms with Gasteiger partial charge in [0.15, 0.2) is 0 Å². The first-order chi connectivity index (χ1) is 13.3. The highest BCUT2D eigenvalue weighted by Gasteiger charge is 2.21. The molecule has 2 N–H and O–H groups in total. The number of hydrogen-bond donors (Lipinski definition) is 2. The molecule has 7 heteroatoms. The monoisotopic (exact) mass is 403 g/mol. The molecule has 1 aromatic heterocycles. The van der Waals surface area contributed by atoms with Crippen molar-refractivity contribution in [3.8, 4) is 5.75 Å². The number of ether oxygens (including phenoxy) is 1. The van der Waals surface area contributed by atoms with Crippen molar-refractivity contribution >= 4 is 34.4 Å². The smallest absolute Gasteiger partial charge is 0.307 e. The van der Waals surface area contributed by atoms with Crippen LogP contribution in [0.25, 0.3) is 10.9 Å². The lowest BCUT2D eigenvalue weighted by molar-refractivity contribution is -0.136. The fourth-order valence-corrected chi connectivity index (χ4v) is 3.07. The summed E-state index contributed by atoms with van der Waals surface area (Å²) in [6, 6.07) is 11.9. The highest BCUT2D eigenvalue weighted by molar-refractivity contribution is 6.30. The fraction of sp³-hybridized carbons (Fsp3) is 0.238. The number of rotatable bonds is 4. The van der Waals surface area contributed by atoms with Crippen LogP contribution < -0.4 is 4.74 Å². The van der Waals surface area contributed by atoms with Crippen LogP contribution in [0.3, 0.4) is 0 Å². The molecular weight excluding hydrogens is 382 g/mol. The summed E-state index contributed by atoms with van der Waals surface area (Å²) in [6.07, 6.45) is -0.170. The summed E-state index contributed by atoms with van der Waals surface area (Å²) in [5.74, 6) is -0.583. The number of methoxy groups -OCH3 is 1. The molecule has 0 aliphatic heterocycles. The lowest BCUT2D eigenvalue weighted by Gasteiger charge is -2.08. The van der Waals surface area contributed by atoms with E-state index in [4.69, 9.17) is 21.4 Å². The first kappa shape index (κ1) is 21.5. The Morgan fingerprint density at radius 3 is 2.29 bits per heavy atom. The average molecular weight is 404 g/mol. The number of carbonyl (C=O) groups is 2. The Balaban J connectivity index is 0.000000878. The number of halogens is 1. The average Bonchev–Trinajstić information content (AvgIpc) is 2.93. The van der Waals surface area contributed by atoms with E-state index in [9.17, 15) is 14.7 Å². The van der Waals surface area contributed by atoms with Crippen LogP contribution in [0.5, 0.6) is 5.75 Å². The number of benzene rings is 2. The zero-order valence-electron chi connectivity index (χ0n) is 15.9. The summed E-state index contributed by atoms with van der Waals surface area (Å²) >= 11 is 5.89. The van der Waals surface area contributed by atoms with Gasteiger partial charge < -0.3 is 14.9 Å². The molecule has 0 radical (unpaired) electrons. The second-order valence-electron chi connectivity index (χ2n) is 5.98. The van der Waals surface area contributed by atoms with E-state index < -0.39 is 5.97 Å². The van der Waals surface area contributed by atoms with Gasteiger partial charge in [-0.05, 0) is 61.9 Å². The van der Waals surface area contributed by atoms with E-state index in [0.29, 0.717) is 38.5 Å². The predicted molar refractivity (Wildman–Crippen MR) is 109 cm³/mol. The van der Waals surface area contributed by atoms with Crippen molar-refractivity contribution < 1.29 is 24.5 Å². The van der Waals surface area contributed by atoms with Crippen LogP contribution in [0.4, 0.5) is 0 Å². The molecular formula is C21H22ClNO5. The van der Waals surface area contributed by atoms with Gasteiger partial charge in [0.2, 0.25) is 0 Å². The van der Waals surface area contributed by atoms with Crippen LogP contribution in [-0.2, 0) is 11.2 Å². The molecule has 0 aliphatic carbocycles. The van der Waals surface area contributed by atoms with Crippen molar-refractivity contribution in [2.24, 2.45) is 0 Å². The Bertz CT molecular complexity index is 992. The number of hydrogen-bond acceptors (Lipinski definition) is 4. The second kappa shape index (κ2) is 9.39. The van der Waals surface area contributed by atoms with Crippen molar-refractivity contribution in [1.29, 1.82) is 0 Å². The van der Waals surface area contributed by atoms with Crippen LogP contribution in [-0.4, -0.2) is 40.4 Å². The lowest BCUT2D eigenvalue weighted by Crippen LogP contribution is -2.14. The van der Waals surface area contributed by atoms with Crippen LogP contribution in [0.1, 0.15) is 28.5 Å². The van der Waals surface area contributed by atoms with E-state index in [1.165, 1.54) is 4.57 Å². The minimum absolute atomic E-state index is 0.170. The molecule has 3 aromatic rings. The molecule has 0 fully saturated rings. The lowest BCUT2D eigenvalue weighted by atomic mass is 10.1. The Morgan fingerprint density at radius 1 is 1.14 bits per heavy atom. The van der Waals surface area contributed by atoms with Gasteiger partial charge >= 0.3 is 5.97 Å². The Morgan fingerprint density at radius 2 is 1.75 bits per heavy atom. The molecule has 28 heavy (non-hydrogen) atoms. The van der Waals surface area contributed by atoms with Crippen LogP contribution >= 0.6 is 11.6 Å². The maximum absolute atomic E-state index is 13.0. The number of aliphatic hydroxyl groups excluding tert-OH is 1. The second-order valence-corrected chi connectivity index (χ2v) is 6.42. The van der Waals surface area contributed by atoms with Gasteiger partial charge in [-0.1, -0.05) is 11.6 Å². The Kier molecular flexibility index (Phi) is 7.20. The minimum atomic E-state index is -0.955. The maximum atomic E-state index is 13.0. The highest BCUT2D eigenvalue weighted by atomic mass is 35.5. The first-order valence-electron chi connectivity index (χ1n) is 8.64.